The molecule has 5 unspecified atom stereocenters. The number of esters is 1. The van der Waals surface area contributed by atoms with Gasteiger partial charge in [0.2, 0.25) is 0 Å². The Morgan fingerprint density at radius 2 is 1.95 bits per heavy atom. The van der Waals surface area contributed by atoms with E-state index in [4.69, 9.17) is 4.74 Å². The van der Waals surface area contributed by atoms with Crippen LogP contribution in [0.4, 0.5) is 0 Å². The molecule has 0 amide bonds. The number of hydrogen-bond acceptors (Lipinski definition) is 4. The molecule has 0 aliphatic heterocycles. The molecule has 2 rings (SSSR count). The van der Waals surface area contributed by atoms with E-state index in [0.29, 0.717) is 12.0 Å². The van der Waals surface area contributed by atoms with Gasteiger partial charge in [0.25, 0.3) is 0 Å². The summed E-state index contributed by atoms with van der Waals surface area (Å²) in [4.78, 5) is 11.7. The number of aliphatic hydroxyl groups excluding tert-OH is 1. The number of hydrogen-bond donors (Lipinski definition) is 2. The van der Waals surface area contributed by atoms with Gasteiger partial charge in [-0.15, -0.1) is 0 Å². The fraction of sp³-hybridized carbons (Fsp3) is 0.812. The van der Waals surface area contributed by atoms with Crippen molar-refractivity contribution < 1.29 is 19.7 Å². The molecule has 0 spiro atoms. The fourth-order valence-corrected chi connectivity index (χ4v) is 4.52. The first-order valence-electron chi connectivity index (χ1n) is 7.40. The van der Waals surface area contributed by atoms with Gasteiger partial charge in [0.1, 0.15) is 0 Å². The molecule has 2 N–H and O–H groups in total. The van der Waals surface area contributed by atoms with E-state index in [1.54, 1.807) is 0 Å². The number of carbonyl (C=O) groups is 1. The quantitative estimate of drug-likeness (QED) is 0.601. The maximum atomic E-state index is 11.7. The molecular formula is C16H26O4. The lowest BCUT2D eigenvalue weighted by atomic mass is 9.52. The van der Waals surface area contributed by atoms with E-state index >= 15 is 0 Å². The zero-order valence-electron chi connectivity index (χ0n) is 12.7. The first-order valence-corrected chi connectivity index (χ1v) is 7.40. The van der Waals surface area contributed by atoms with E-state index < -0.39 is 17.7 Å². The van der Waals surface area contributed by atoms with Gasteiger partial charge in [0.15, 0.2) is 0 Å². The summed E-state index contributed by atoms with van der Waals surface area (Å²) in [5.74, 6) is -0.998. The Kier molecular flexibility index (Phi) is 4.00. The van der Waals surface area contributed by atoms with E-state index in [9.17, 15) is 15.0 Å². The van der Waals surface area contributed by atoms with Gasteiger partial charge < -0.3 is 14.9 Å². The lowest BCUT2D eigenvalue weighted by Crippen LogP contribution is -2.58. The predicted octanol–water partition coefficient (Wildman–Crippen LogP) is 2.04. The summed E-state index contributed by atoms with van der Waals surface area (Å²) < 4.78 is 4.71. The Morgan fingerprint density at radius 3 is 2.55 bits per heavy atom. The first kappa shape index (κ1) is 15.5. The molecule has 0 aromatic heterocycles. The van der Waals surface area contributed by atoms with Crippen LogP contribution in [-0.4, -0.2) is 35.0 Å². The molecule has 0 saturated heterocycles. The molecular weight excluding hydrogens is 256 g/mol. The standard InChI is InChI=1S/C16H26O4/c1-10(14(18)20-4)11-6-9-15(2)7-5-8-16(3,19)13(15)12(11)17/h11-13,17,19H,1,5-9H2,2-4H3. The van der Waals surface area contributed by atoms with Crippen LogP contribution in [0, 0.1) is 17.3 Å². The number of carbonyl (C=O) groups excluding carboxylic acids is 1. The third-order valence-electron chi connectivity index (χ3n) is 5.53. The third kappa shape index (κ3) is 2.40. The highest BCUT2D eigenvalue weighted by Crippen LogP contribution is 2.56. The lowest BCUT2D eigenvalue weighted by molar-refractivity contribution is -0.176. The van der Waals surface area contributed by atoms with Crippen LogP contribution in [0.25, 0.3) is 0 Å². The van der Waals surface area contributed by atoms with Gasteiger partial charge >= 0.3 is 5.97 Å². The molecule has 114 valence electrons. The third-order valence-corrected chi connectivity index (χ3v) is 5.53. The van der Waals surface area contributed by atoms with Crippen molar-refractivity contribution in [3.8, 4) is 0 Å². The minimum Gasteiger partial charge on any atom is -0.466 e. The van der Waals surface area contributed by atoms with Gasteiger partial charge in [-0.25, -0.2) is 4.79 Å². The molecule has 4 heteroatoms. The van der Waals surface area contributed by atoms with Crippen LogP contribution in [0.1, 0.15) is 46.0 Å². The Morgan fingerprint density at radius 1 is 1.30 bits per heavy atom. The highest BCUT2D eigenvalue weighted by molar-refractivity contribution is 5.88. The van der Waals surface area contributed by atoms with Gasteiger partial charge in [-0.2, -0.15) is 0 Å². The van der Waals surface area contributed by atoms with Gasteiger partial charge in [0, 0.05) is 17.4 Å². The number of ether oxygens (including phenoxy) is 1. The summed E-state index contributed by atoms with van der Waals surface area (Å²) in [5, 5.41) is 21.4. The Hall–Kier alpha value is -0.870. The Balaban J connectivity index is 2.28. The number of aliphatic hydroxyl groups is 2. The lowest BCUT2D eigenvalue weighted by Gasteiger charge is -2.56. The van der Waals surface area contributed by atoms with Crippen LogP contribution in [-0.2, 0) is 9.53 Å². The average Bonchev–Trinajstić information content (AvgIpc) is 2.35. The molecule has 2 aliphatic carbocycles. The molecule has 0 aromatic carbocycles. The fourth-order valence-electron chi connectivity index (χ4n) is 4.52. The zero-order valence-corrected chi connectivity index (χ0v) is 12.7. The summed E-state index contributed by atoms with van der Waals surface area (Å²) in [6.45, 7) is 7.74. The second kappa shape index (κ2) is 5.15. The van der Waals surface area contributed by atoms with Crippen molar-refractivity contribution in [2.24, 2.45) is 17.3 Å². The normalized spacial score (nSPS) is 44.5. The molecule has 2 saturated carbocycles. The van der Waals surface area contributed by atoms with E-state index in [1.165, 1.54) is 7.11 Å². The molecule has 2 fully saturated rings. The van der Waals surface area contributed by atoms with Crippen molar-refractivity contribution >= 4 is 5.97 Å². The summed E-state index contributed by atoms with van der Waals surface area (Å²) in [7, 11) is 1.32. The highest BCUT2D eigenvalue weighted by Gasteiger charge is 2.56. The second-order valence-corrected chi connectivity index (χ2v) is 7.00. The van der Waals surface area contributed by atoms with Gasteiger partial charge in [-0.3, -0.25) is 0 Å². The van der Waals surface area contributed by atoms with Crippen molar-refractivity contribution in [2.75, 3.05) is 7.11 Å². The maximum Gasteiger partial charge on any atom is 0.333 e. The van der Waals surface area contributed by atoms with E-state index in [0.717, 1.165) is 25.7 Å². The Bertz CT molecular complexity index is 415. The van der Waals surface area contributed by atoms with Crippen molar-refractivity contribution in [2.45, 2.75) is 57.7 Å². The molecule has 5 atom stereocenters. The smallest absolute Gasteiger partial charge is 0.333 e. The topological polar surface area (TPSA) is 66.8 Å². The van der Waals surface area contributed by atoms with Crippen LogP contribution >= 0.6 is 0 Å². The SMILES string of the molecule is C=C(C(=O)OC)C1CCC2(C)CCCC(C)(O)C2C1O. The Labute approximate surface area is 120 Å². The largest absolute Gasteiger partial charge is 0.466 e. The maximum absolute atomic E-state index is 11.7. The van der Waals surface area contributed by atoms with Crippen LogP contribution in [0.5, 0.6) is 0 Å². The number of methoxy groups -OCH3 is 1. The van der Waals surface area contributed by atoms with Crippen LogP contribution < -0.4 is 0 Å². The molecule has 20 heavy (non-hydrogen) atoms. The molecule has 4 nitrogen and oxygen atoms in total. The average molecular weight is 282 g/mol. The molecule has 0 aromatic rings. The van der Waals surface area contributed by atoms with Gasteiger partial charge in [-0.05, 0) is 38.0 Å². The minimum absolute atomic E-state index is 0.0614. The van der Waals surface area contributed by atoms with E-state index in [1.807, 2.05) is 6.92 Å². The summed E-state index contributed by atoms with van der Waals surface area (Å²) >= 11 is 0. The first-order chi connectivity index (χ1) is 9.23. The van der Waals surface area contributed by atoms with Crippen molar-refractivity contribution in [1.82, 2.24) is 0 Å². The van der Waals surface area contributed by atoms with E-state index in [2.05, 4.69) is 13.5 Å². The molecule has 0 bridgehead atoms. The zero-order chi connectivity index (χ0) is 15.1. The molecule has 2 aliphatic rings. The number of rotatable bonds is 2. The highest BCUT2D eigenvalue weighted by atomic mass is 16.5. The minimum atomic E-state index is -0.887. The second-order valence-electron chi connectivity index (χ2n) is 7.00. The van der Waals surface area contributed by atoms with Crippen LogP contribution in [0.2, 0.25) is 0 Å². The number of fused-ring (bicyclic) bond motifs is 1. The van der Waals surface area contributed by atoms with E-state index in [-0.39, 0.29) is 17.3 Å². The van der Waals surface area contributed by atoms with Gasteiger partial charge in [-0.1, -0.05) is 19.9 Å². The van der Waals surface area contributed by atoms with Crippen LogP contribution in [0.3, 0.4) is 0 Å². The molecule has 0 radical (unpaired) electrons. The summed E-state index contributed by atoms with van der Waals surface area (Å²) in [6.07, 6.45) is 3.57. The molecule has 0 heterocycles. The van der Waals surface area contributed by atoms with Crippen molar-refractivity contribution in [3.63, 3.8) is 0 Å². The van der Waals surface area contributed by atoms with Crippen LogP contribution in [0.15, 0.2) is 12.2 Å². The summed E-state index contributed by atoms with van der Waals surface area (Å²) in [5.41, 5.74) is -0.626. The van der Waals surface area contributed by atoms with Crippen molar-refractivity contribution in [1.29, 1.82) is 0 Å². The monoisotopic (exact) mass is 282 g/mol. The van der Waals surface area contributed by atoms with Crippen molar-refractivity contribution in [3.05, 3.63) is 12.2 Å². The van der Waals surface area contributed by atoms with Gasteiger partial charge in [0.05, 0.1) is 18.8 Å². The predicted molar refractivity (Wildman–Crippen MR) is 76.0 cm³/mol. The summed E-state index contributed by atoms with van der Waals surface area (Å²) in [6, 6.07) is 0.